The molecule has 0 radical (unpaired) electrons. The van der Waals surface area contributed by atoms with Gasteiger partial charge < -0.3 is 14.6 Å². The van der Waals surface area contributed by atoms with Gasteiger partial charge in [0.15, 0.2) is 0 Å². The van der Waals surface area contributed by atoms with Crippen molar-refractivity contribution in [1.29, 1.82) is 0 Å². The lowest BCUT2D eigenvalue weighted by molar-refractivity contribution is -0.132. The lowest BCUT2D eigenvalue weighted by Gasteiger charge is -2.29. The number of nitrogens with zero attached hydrogens (tertiary/aromatic N) is 2. The molecular weight excluding hydrogens is 346 g/mol. The smallest absolute Gasteiger partial charge is 0.329 e. The van der Waals surface area contributed by atoms with Crippen LogP contribution in [0.5, 0.6) is 5.75 Å². The highest BCUT2D eigenvalue weighted by Gasteiger charge is 2.22. The molecule has 1 aliphatic rings. The first kappa shape index (κ1) is 17.1. The molecule has 138 valence electrons. The zero-order valence-electron chi connectivity index (χ0n) is 14.9. The van der Waals surface area contributed by atoms with Gasteiger partial charge in [-0.2, -0.15) is 0 Å². The Bertz CT molecular complexity index is 1150. The largest absolute Gasteiger partial charge is 0.497 e. The number of H-pyrrole nitrogens is 1. The quantitative estimate of drug-likeness (QED) is 0.758. The highest BCUT2D eigenvalue weighted by Crippen LogP contribution is 2.19. The van der Waals surface area contributed by atoms with Gasteiger partial charge in [-0.3, -0.25) is 14.2 Å². The van der Waals surface area contributed by atoms with Crippen LogP contribution in [-0.2, 0) is 24.3 Å². The first-order valence-electron chi connectivity index (χ1n) is 8.72. The van der Waals surface area contributed by atoms with E-state index in [9.17, 15) is 14.4 Å². The van der Waals surface area contributed by atoms with Crippen molar-refractivity contribution >= 4 is 16.8 Å². The molecule has 0 saturated carbocycles. The summed E-state index contributed by atoms with van der Waals surface area (Å²) in [6, 6.07) is 12.8. The molecule has 1 aromatic heterocycles. The van der Waals surface area contributed by atoms with E-state index < -0.39 is 11.2 Å². The van der Waals surface area contributed by atoms with Crippen LogP contribution in [0.2, 0.25) is 0 Å². The number of nitrogens with one attached hydrogen (secondary N) is 1. The van der Waals surface area contributed by atoms with E-state index in [0.717, 1.165) is 16.6 Å². The third kappa shape index (κ3) is 3.12. The summed E-state index contributed by atoms with van der Waals surface area (Å²) in [7, 11) is 1.50. The zero-order valence-corrected chi connectivity index (χ0v) is 14.9. The highest BCUT2D eigenvalue weighted by atomic mass is 16.5. The van der Waals surface area contributed by atoms with Crippen LogP contribution in [0.3, 0.4) is 0 Å². The van der Waals surface area contributed by atoms with E-state index in [1.165, 1.54) is 12.7 Å². The standard InChI is InChI=1S/C20H19N3O4/c1-27-15-6-7-17-16(10-15)19(25)23(20(26)21-17)12-18(24)22-9-8-13-4-2-3-5-14(13)11-22/h2-7,10H,8-9,11-12H2,1H3,(H,21,26). The molecule has 7 nitrogen and oxygen atoms in total. The maximum absolute atomic E-state index is 12.8. The molecule has 27 heavy (non-hydrogen) atoms. The van der Waals surface area contributed by atoms with Crippen LogP contribution in [0.15, 0.2) is 52.1 Å². The minimum Gasteiger partial charge on any atom is -0.497 e. The normalized spacial score (nSPS) is 13.4. The minimum absolute atomic E-state index is 0.251. The van der Waals surface area contributed by atoms with Gasteiger partial charge in [-0.15, -0.1) is 0 Å². The SMILES string of the molecule is COc1ccc2[nH]c(=O)n(CC(=O)N3CCc4ccccc4C3)c(=O)c2c1. The molecule has 0 aliphatic carbocycles. The van der Waals surface area contributed by atoms with Gasteiger partial charge in [0.25, 0.3) is 5.56 Å². The monoisotopic (exact) mass is 365 g/mol. The Labute approximate surface area is 154 Å². The van der Waals surface area contributed by atoms with Crippen molar-refractivity contribution in [3.05, 3.63) is 74.4 Å². The number of hydrogen-bond donors (Lipinski definition) is 1. The molecular formula is C20H19N3O4. The lowest BCUT2D eigenvalue weighted by atomic mass is 10.00. The van der Waals surface area contributed by atoms with Crippen molar-refractivity contribution in [1.82, 2.24) is 14.5 Å². The third-order valence-corrected chi connectivity index (χ3v) is 4.97. The van der Waals surface area contributed by atoms with Crippen molar-refractivity contribution in [3.63, 3.8) is 0 Å². The number of carbonyl (C=O) groups excluding carboxylic acids is 1. The molecule has 2 heterocycles. The summed E-state index contributed by atoms with van der Waals surface area (Å²) in [5.74, 6) is 0.261. The van der Waals surface area contributed by atoms with Crippen LogP contribution in [-0.4, -0.2) is 34.0 Å². The molecule has 1 N–H and O–H groups in total. The molecule has 0 spiro atoms. The lowest BCUT2D eigenvalue weighted by Crippen LogP contribution is -2.43. The van der Waals surface area contributed by atoms with Gasteiger partial charge in [0, 0.05) is 13.1 Å². The molecule has 0 saturated heterocycles. The summed E-state index contributed by atoms with van der Waals surface area (Å²) >= 11 is 0. The molecule has 0 atom stereocenters. The Morgan fingerprint density at radius 2 is 1.93 bits per heavy atom. The second-order valence-electron chi connectivity index (χ2n) is 6.57. The van der Waals surface area contributed by atoms with Crippen LogP contribution in [0.4, 0.5) is 0 Å². The second kappa shape index (κ2) is 6.75. The van der Waals surface area contributed by atoms with Crippen molar-refractivity contribution in [3.8, 4) is 5.75 Å². The van der Waals surface area contributed by atoms with Gasteiger partial charge in [0.05, 0.1) is 18.0 Å². The van der Waals surface area contributed by atoms with E-state index in [0.29, 0.717) is 29.7 Å². The van der Waals surface area contributed by atoms with Gasteiger partial charge in [0.2, 0.25) is 5.91 Å². The summed E-state index contributed by atoms with van der Waals surface area (Å²) in [4.78, 5) is 42.2. The van der Waals surface area contributed by atoms with Crippen LogP contribution >= 0.6 is 0 Å². The minimum atomic E-state index is -0.594. The van der Waals surface area contributed by atoms with Gasteiger partial charge in [-0.05, 0) is 35.7 Å². The molecule has 1 amide bonds. The number of fused-ring (bicyclic) bond motifs is 2. The van der Waals surface area contributed by atoms with Crippen molar-refractivity contribution in [2.24, 2.45) is 0 Å². The van der Waals surface area contributed by atoms with E-state index in [1.54, 1.807) is 23.1 Å². The first-order chi connectivity index (χ1) is 13.1. The average molecular weight is 365 g/mol. The number of methoxy groups -OCH3 is 1. The van der Waals surface area contributed by atoms with Crippen LogP contribution < -0.4 is 16.0 Å². The average Bonchev–Trinajstić information content (AvgIpc) is 2.70. The maximum Gasteiger partial charge on any atom is 0.329 e. The van der Waals surface area contributed by atoms with Crippen molar-refractivity contribution in [2.75, 3.05) is 13.7 Å². The number of aromatic nitrogens is 2. The number of benzene rings is 2. The number of aromatic amines is 1. The number of ether oxygens (including phenoxy) is 1. The van der Waals surface area contributed by atoms with E-state index in [4.69, 9.17) is 4.74 Å². The first-order valence-corrected chi connectivity index (χ1v) is 8.72. The molecule has 4 rings (SSSR count). The zero-order chi connectivity index (χ0) is 19.0. The Morgan fingerprint density at radius 3 is 2.70 bits per heavy atom. The topological polar surface area (TPSA) is 84.4 Å². The predicted octanol–water partition coefficient (Wildman–Crippen LogP) is 1.28. The maximum atomic E-state index is 12.8. The van der Waals surface area contributed by atoms with Crippen LogP contribution in [0.25, 0.3) is 10.9 Å². The summed E-state index contributed by atoms with van der Waals surface area (Å²) < 4.78 is 6.09. The van der Waals surface area contributed by atoms with Crippen LogP contribution in [0.1, 0.15) is 11.1 Å². The fourth-order valence-corrected chi connectivity index (χ4v) is 3.44. The number of amides is 1. The fourth-order valence-electron chi connectivity index (χ4n) is 3.44. The van der Waals surface area contributed by atoms with Crippen LogP contribution in [0, 0.1) is 0 Å². The summed E-state index contributed by atoms with van der Waals surface area (Å²) in [6.45, 7) is 0.774. The Hall–Kier alpha value is -3.35. The second-order valence-corrected chi connectivity index (χ2v) is 6.57. The molecule has 0 fully saturated rings. The number of hydrogen-bond acceptors (Lipinski definition) is 4. The molecule has 3 aromatic rings. The fraction of sp³-hybridized carbons (Fsp3) is 0.250. The third-order valence-electron chi connectivity index (χ3n) is 4.97. The Kier molecular flexibility index (Phi) is 4.27. The van der Waals surface area contributed by atoms with E-state index >= 15 is 0 Å². The van der Waals surface area contributed by atoms with E-state index in [1.807, 2.05) is 18.2 Å². The summed E-state index contributed by atoms with van der Waals surface area (Å²) in [5, 5.41) is 0.311. The number of carbonyl (C=O) groups is 1. The molecule has 7 heteroatoms. The summed E-state index contributed by atoms with van der Waals surface area (Å²) in [5.41, 5.74) is 1.65. The molecule has 0 unspecified atom stereocenters. The van der Waals surface area contributed by atoms with E-state index in [2.05, 4.69) is 11.1 Å². The van der Waals surface area contributed by atoms with Gasteiger partial charge in [-0.1, -0.05) is 24.3 Å². The predicted molar refractivity (Wildman–Crippen MR) is 101 cm³/mol. The van der Waals surface area contributed by atoms with Gasteiger partial charge in [-0.25, -0.2) is 4.79 Å². The molecule has 2 aromatic carbocycles. The number of rotatable bonds is 3. The van der Waals surface area contributed by atoms with E-state index in [-0.39, 0.29) is 12.5 Å². The van der Waals surface area contributed by atoms with Gasteiger partial charge in [0.1, 0.15) is 12.3 Å². The Morgan fingerprint density at radius 1 is 1.15 bits per heavy atom. The summed E-state index contributed by atoms with van der Waals surface area (Å²) in [6.07, 6.45) is 0.766. The van der Waals surface area contributed by atoms with Crippen molar-refractivity contribution in [2.45, 2.75) is 19.5 Å². The molecule has 0 bridgehead atoms. The molecule has 1 aliphatic heterocycles. The van der Waals surface area contributed by atoms with Crippen molar-refractivity contribution < 1.29 is 9.53 Å². The van der Waals surface area contributed by atoms with Gasteiger partial charge >= 0.3 is 5.69 Å². The highest BCUT2D eigenvalue weighted by molar-refractivity contribution is 5.80. The Balaban J connectivity index is 1.64.